The quantitative estimate of drug-likeness (QED) is 0.523. The number of aliphatic hydroxyl groups is 1. The third-order valence-corrected chi connectivity index (χ3v) is 9.34. The maximum absolute atomic E-state index is 13.0. The average molecular weight is 391 g/mol. The third-order valence-electron chi connectivity index (χ3n) is 9.34. The molecule has 4 atom stereocenters. The first-order valence-corrected chi connectivity index (χ1v) is 10.8. The maximum Gasteiger partial charge on any atom is 0.153 e. The van der Waals surface area contributed by atoms with Crippen molar-refractivity contribution < 1.29 is 10.4 Å². The lowest BCUT2D eigenvalue weighted by atomic mass is 9.38. The number of H-pyrrole nitrogens is 1. The van der Waals surface area contributed by atoms with Gasteiger partial charge in [-0.05, 0) is 42.4 Å². The van der Waals surface area contributed by atoms with Gasteiger partial charge in [-0.1, -0.05) is 52.5 Å². The van der Waals surface area contributed by atoms with Gasteiger partial charge >= 0.3 is 0 Å². The van der Waals surface area contributed by atoms with E-state index in [0.717, 1.165) is 35.2 Å². The Balaban J connectivity index is 2.07. The van der Waals surface area contributed by atoms with Gasteiger partial charge < -0.3 is 15.4 Å². The highest BCUT2D eigenvalue weighted by molar-refractivity contribution is 5.93. The van der Waals surface area contributed by atoms with Gasteiger partial charge in [-0.3, -0.25) is 0 Å². The van der Waals surface area contributed by atoms with Crippen LogP contribution in [0.4, 0.5) is 0 Å². The minimum Gasteiger partial charge on any atom is -0.467 e. The first-order valence-electron chi connectivity index (χ1n) is 10.8. The molecule has 1 aromatic heterocycles. The minimum atomic E-state index is -1.08. The van der Waals surface area contributed by atoms with Crippen LogP contribution < -0.4 is 5.32 Å². The zero-order chi connectivity index (χ0) is 21.2. The molecule has 3 aliphatic rings. The second-order valence-corrected chi connectivity index (χ2v) is 10.9. The van der Waals surface area contributed by atoms with Crippen LogP contribution in [0.1, 0.15) is 64.3 Å². The highest BCUT2D eigenvalue weighted by Crippen LogP contribution is 2.70. The Morgan fingerprint density at radius 1 is 1.24 bits per heavy atom. The molecular formula is C26H34N2O. The lowest BCUT2D eigenvalue weighted by molar-refractivity contribution is -0.710. The highest BCUT2D eigenvalue weighted by Gasteiger charge is 2.76. The molecule has 0 bridgehead atoms. The Bertz CT molecular complexity index is 1090. The van der Waals surface area contributed by atoms with E-state index in [1.54, 1.807) is 0 Å². The molecule has 3 nitrogen and oxygen atoms in total. The summed E-state index contributed by atoms with van der Waals surface area (Å²) in [5.74, 6) is 0.0709. The van der Waals surface area contributed by atoms with Crippen molar-refractivity contribution in [3.05, 3.63) is 66.9 Å². The zero-order valence-corrected chi connectivity index (χ0v) is 18.4. The van der Waals surface area contributed by atoms with Crippen molar-refractivity contribution in [2.45, 2.75) is 69.4 Å². The number of nitrogens with one attached hydrogen (secondary N) is 1. The zero-order valence-electron chi connectivity index (χ0n) is 18.4. The van der Waals surface area contributed by atoms with Crippen LogP contribution in [0.15, 0.2) is 43.0 Å². The topological polar surface area (TPSA) is 52.6 Å². The third kappa shape index (κ3) is 1.65. The molecule has 0 unspecified atom stereocenters. The lowest BCUT2D eigenvalue weighted by Crippen LogP contribution is -3.03. The Hall–Kier alpha value is -1.84. The highest BCUT2D eigenvalue weighted by atomic mass is 16.3. The normalized spacial score (nSPS) is 38.9. The summed E-state index contributed by atoms with van der Waals surface area (Å²) in [7, 11) is 4.33. The van der Waals surface area contributed by atoms with Crippen LogP contribution in [0.3, 0.4) is 0 Å². The number of hydrogen-bond donors (Lipinski definition) is 3. The predicted molar refractivity (Wildman–Crippen MR) is 118 cm³/mol. The summed E-state index contributed by atoms with van der Waals surface area (Å²) in [6.45, 7) is 20.2. The Kier molecular flexibility index (Phi) is 3.35. The summed E-state index contributed by atoms with van der Waals surface area (Å²) in [5, 5.41) is 16.2. The summed E-state index contributed by atoms with van der Waals surface area (Å²) >= 11 is 0. The van der Waals surface area contributed by atoms with E-state index in [-0.39, 0.29) is 22.2 Å². The second-order valence-electron chi connectivity index (χ2n) is 10.9. The van der Waals surface area contributed by atoms with E-state index in [4.69, 9.17) is 0 Å². The molecule has 29 heavy (non-hydrogen) atoms. The smallest absolute Gasteiger partial charge is 0.153 e. The largest absolute Gasteiger partial charge is 0.467 e. The number of aromatic amines is 1. The second kappa shape index (κ2) is 5.07. The van der Waals surface area contributed by atoms with Crippen molar-refractivity contribution in [1.82, 2.24) is 4.98 Å². The molecular weight excluding hydrogens is 356 g/mol. The van der Waals surface area contributed by atoms with E-state index in [0.29, 0.717) is 0 Å². The van der Waals surface area contributed by atoms with Crippen molar-refractivity contribution in [1.29, 1.82) is 0 Å². The van der Waals surface area contributed by atoms with Crippen LogP contribution in [0.2, 0.25) is 0 Å². The van der Waals surface area contributed by atoms with Crippen LogP contribution in [-0.2, 0) is 16.4 Å². The fourth-order valence-corrected chi connectivity index (χ4v) is 7.63. The summed E-state index contributed by atoms with van der Waals surface area (Å²) in [6, 6.07) is 6.54. The molecule has 4 N–H and O–H groups in total. The van der Waals surface area contributed by atoms with Crippen molar-refractivity contribution in [2.24, 2.45) is 11.3 Å². The molecule has 1 aromatic carbocycles. The number of quaternary nitrogens is 1. The van der Waals surface area contributed by atoms with Crippen LogP contribution in [0, 0.1) is 18.4 Å². The van der Waals surface area contributed by atoms with Gasteiger partial charge in [0.25, 0.3) is 0 Å². The van der Waals surface area contributed by atoms with Gasteiger partial charge in [0.2, 0.25) is 0 Å². The van der Waals surface area contributed by atoms with Gasteiger partial charge in [-0.25, -0.2) is 0 Å². The molecule has 3 heteroatoms. The van der Waals surface area contributed by atoms with Crippen LogP contribution >= 0.6 is 0 Å². The van der Waals surface area contributed by atoms with E-state index in [1.807, 2.05) is 11.4 Å². The summed E-state index contributed by atoms with van der Waals surface area (Å²) in [6.07, 6.45) is 3.95. The molecule has 1 heterocycles. The SMILES string of the molecule is C=C[C@@]1(C)CC[C@@H]2C(C)(C)c3cccc4[nH]c5c(c34)[C@@]2(O)[C@@]1([NH2+][CH2-])C(=C)C5(C)C. The molecule has 3 aliphatic carbocycles. The Morgan fingerprint density at radius 2 is 1.93 bits per heavy atom. The van der Waals surface area contributed by atoms with E-state index in [2.05, 4.69) is 78.0 Å². The number of aromatic nitrogens is 1. The monoisotopic (exact) mass is 390 g/mol. The van der Waals surface area contributed by atoms with E-state index in [1.165, 1.54) is 10.9 Å². The van der Waals surface area contributed by atoms with Gasteiger partial charge in [0.05, 0.1) is 0 Å². The number of benzene rings is 1. The van der Waals surface area contributed by atoms with Crippen LogP contribution in [0.5, 0.6) is 0 Å². The Labute approximate surface area is 174 Å². The first-order chi connectivity index (χ1) is 13.4. The molecule has 0 spiro atoms. The Morgan fingerprint density at radius 3 is 2.55 bits per heavy atom. The molecule has 2 aromatic rings. The minimum absolute atomic E-state index is 0.0709. The standard InChI is InChI=1S/C26H34N2O/c1-9-24(7)14-13-18-23(5,6)16-11-10-12-17-19(16)20-21(28-17)22(3,4)15(2)26(24,27-8)25(18,20)29/h9-12,18,28-29H,1-2,8,13-14,27H2,3-7H3/t18-,24+,25-,26-/m1/s1. The molecule has 0 amide bonds. The molecule has 0 radical (unpaired) electrons. The first kappa shape index (κ1) is 19.1. The fraction of sp³-hybridized carbons (Fsp3) is 0.500. The van der Waals surface area contributed by atoms with Crippen LogP contribution in [-0.4, -0.2) is 15.6 Å². The number of rotatable bonds is 2. The summed E-state index contributed by atoms with van der Waals surface area (Å²) < 4.78 is 0. The van der Waals surface area contributed by atoms with Crippen molar-refractivity contribution in [3.8, 4) is 0 Å². The van der Waals surface area contributed by atoms with Crippen molar-refractivity contribution in [2.75, 3.05) is 0 Å². The van der Waals surface area contributed by atoms with Crippen LogP contribution in [0.25, 0.3) is 10.9 Å². The molecule has 154 valence electrons. The van der Waals surface area contributed by atoms with E-state index in [9.17, 15) is 5.11 Å². The van der Waals surface area contributed by atoms with Gasteiger partial charge in [0.1, 0.15) is 5.54 Å². The van der Waals surface area contributed by atoms with Crippen molar-refractivity contribution in [3.63, 3.8) is 0 Å². The predicted octanol–water partition coefficient (Wildman–Crippen LogP) is 4.19. The summed E-state index contributed by atoms with van der Waals surface area (Å²) in [4.78, 5) is 3.71. The molecule has 5 rings (SSSR count). The molecule has 1 saturated carbocycles. The lowest BCUT2D eigenvalue weighted by Gasteiger charge is -2.69. The molecule has 0 aliphatic heterocycles. The number of nitrogens with two attached hydrogens (primary N) is 1. The van der Waals surface area contributed by atoms with E-state index < -0.39 is 11.1 Å². The average Bonchev–Trinajstić information content (AvgIpc) is 3.07. The van der Waals surface area contributed by atoms with Gasteiger partial charge in [0, 0.05) is 38.9 Å². The van der Waals surface area contributed by atoms with Crippen molar-refractivity contribution >= 4 is 10.9 Å². The maximum atomic E-state index is 13.0. The van der Waals surface area contributed by atoms with Gasteiger partial charge in [-0.2, -0.15) is 7.05 Å². The number of hydrogen-bond acceptors (Lipinski definition) is 1. The molecule has 1 fully saturated rings. The van der Waals surface area contributed by atoms with Gasteiger partial charge in [0.15, 0.2) is 5.60 Å². The molecule has 0 saturated heterocycles. The van der Waals surface area contributed by atoms with Gasteiger partial charge in [-0.15, -0.1) is 6.58 Å². The fourth-order valence-electron chi connectivity index (χ4n) is 7.63. The summed E-state index contributed by atoms with van der Waals surface area (Å²) in [5.41, 5.74) is 3.11. The van der Waals surface area contributed by atoms with E-state index >= 15 is 0 Å².